The van der Waals surface area contributed by atoms with Crippen molar-refractivity contribution in [2.75, 3.05) is 19.8 Å². The molecule has 0 aliphatic rings. The van der Waals surface area contributed by atoms with Gasteiger partial charge in [0.25, 0.3) is 5.92 Å². The fourth-order valence-electron chi connectivity index (χ4n) is 1.04. The van der Waals surface area contributed by atoms with Gasteiger partial charge < -0.3 is 10.5 Å². The lowest BCUT2D eigenvalue weighted by Gasteiger charge is -2.16. The monoisotopic (exact) mass is 195 g/mol. The average molecular weight is 195 g/mol. The molecule has 0 rings (SSSR count). The van der Waals surface area contributed by atoms with Gasteiger partial charge in [-0.05, 0) is 12.3 Å². The molecule has 0 aromatic rings. The summed E-state index contributed by atoms with van der Waals surface area (Å²) in [6.07, 6.45) is 2.06. The highest BCUT2D eigenvalue weighted by atomic mass is 19.3. The third kappa shape index (κ3) is 6.90. The Morgan fingerprint density at radius 1 is 1.46 bits per heavy atom. The van der Waals surface area contributed by atoms with Crippen LogP contribution in [0.4, 0.5) is 8.78 Å². The molecule has 0 saturated carbocycles. The summed E-state index contributed by atoms with van der Waals surface area (Å²) >= 11 is 0. The van der Waals surface area contributed by atoms with Gasteiger partial charge in [0.1, 0.15) is 6.61 Å². The van der Waals surface area contributed by atoms with Crippen molar-refractivity contribution < 1.29 is 13.5 Å². The van der Waals surface area contributed by atoms with Crippen LogP contribution in [0.5, 0.6) is 0 Å². The maximum absolute atomic E-state index is 12.5. The molecule has 0 spiro atoms. The van der Waals surface area contributed by atoms with E-state index in [4.69, 9.17) is 10.5 Å². The molecule has 2 N–H and O–H groups in total. The molecule has 0 aromatic carbocycles. The second-order valence-electron chi connectivity index (χ2n) is 3.47. The molecule has 0 saturated heterocycles. The van der Waals surface area contributed by atoms with Crippen LogP contribution in [-0.4, -0.2) is 25.7 Å². The average Bonchev–Trinajstić information content (AvgIpc) is 2.05. The van der Waals surface area contributed by atoms with Gasteiger partial charge in [-0.2, -0.15) is 0 Å². The Morgan fingerprint density at radius 2 is 2.08 bits per heavy atom. The molecule has 13 heavy (non-hydrogen) atoms. The van der Waals surface area contributed by atoms with E-state index in [1.807, 2.05) is 6.92 Å². The second-order valence-corrected chi connectivity index (χ2v) is 3.47. The highest BCUT2D eigenvalue weighted by molar-refractivity contribution is 4.65. The lowest BCUT2D eigenvalue weighted by molar-refractivity contribution is -0.0752. The summed E-state index contributed by atoms with van der Waals surface area (Å²) < 4.78 is 30.0. The molecule has 2 nitrogen and oxygen atoms in total. The van der Waals surface area contributed by atoms with E-state index in [-0.39, 0.29) is 0 Å². The fourth-order valence-corrected chi connectivity index (χ4v) is 1.04. The number of nitrogens with two attached hydrogens (primary N) is 1. The first kappa shape index (κ1) is 12.8. The Kier molecular flexibility index (Phi) is 6.16. The molecule has 0 heterocycles. The van der Waals surface area contributed by atoms with Crippen molar-refractivity contribution in [1.82, 2.24) is 0 Å². The zero-order valence-electron chi connectivity index (χ0n) is 8.35. The van der Waals surface area contributed by atoms with Crippen LogP contribution in [0.3, 0.4) is 0 Å². The van der Waals surface area contributed by atoms with Crippen LogP contribution in [0, 0.1) is 5.92 Å². The molecule has 1 atom stereocenters. The number of hydrogen-bond acceptors (Lipinski definition) is 2. The van der Waals surface area contributed by atoms with Gasteiger partial charge in [0, 0.05) is 6.61 Å². The standard InChI is InChI=1S/C9H19F2NO/c1-3-4-8(2)5-13-7-9(10,11)6-12/h8H,3-7,12H2,1-2H3. The van der Waals surface area contributed by atoms with Crippen LogP contribution in [0.2, 0.25) is 0 Å². The number of halogens is 2. The minimum absolute atomic E-state index is 0.346. The van der Waals surface area contributed by atoms with Crippen molar-refractivity contribution in [3.8, 4) is 0 Å². The summed E-state index contributed by atoms with van der Waals surface area (Å²) in [5, 5.41) is 0. The van der Waals surface area contributed by atoms with Gasteiger partial charge in [-0.1, -0.05) is 20.3 Å². The van der Waals surface area contributed by atoms with Crippen LogP contribution in [-0.2, 0) is 4.74 Å². The maximum Gasteiger partial charge on any atom is 0.282 e. The van der Waals surface area contributed by atoms with Crippen LogP contribution < -0.4 is 5.73 Å². The minimum atomic E-state index is -2.87. The first-order chi connectivity index (χ1) is 6.02. The van der Waals surface area contributed by atoms with E-state index in [1.54, 1.807) is 0 Å². The minimum Gasteiger partial charge on any atom is -0.375 e. The Balaban J connectivity index is 3.44. The van der Waals surface area contributed by atoms with E-state index in [0.29, 0.717) is 12.5 Å². The highest BCUT2D eigenvalue weighted by Crippen LogP contribution is 2.13. The molecular weight excluding hydrogens is 176 g/mol. The summed E-state index contributed by atoms with van der Waals surface area (Å²) in [6, 6.07) is 0. The predicted octanol–water partition coefficient (Wildman–Crippen LogP) is 2.03. The summed E-state index contributed by atoms with van der Waals surface area (Å²) in [7, 11) is 0. The SMILES string of the molecule is CCCC(C)COCC(F)(F)CN. The largest absolute Gasteiger partial charge is 0.375 e. The number of alkyl halides is 2. The number of ether oxygens (including phenoxy) is 1. The first-order valence-electron chi connectivity index (χ1n) is 4.67. The predicted molar refractivity (Wildman–Crippen MR) is 48.9 cm³/mol. The van der Waals surface area contributed by atoms with E-state index in [2.05, 4.69) is 6.92 Å². The van der Waals surface area contributed by atoms with Crippen molar-refractivity contribution >= 4 is 0 Å². The Labute approximate surface area is 78.4 Å². The smallest absolute Gasteiger partial charge is 0.282 e. The Morgan fingerprint density at radius 3 is 2.54 bits per heavy atom. The molecule has 0 radical (unpaired) electrons. The molecule has 1 unspecified atom stereocenters. The maximum atomic E-state index is 12.5. The van der Waals surface area contributed by atoms with Gasteiger partial charge in [-0.15, -0.1) is 0 Å². The summed E-state index contributed by atoms with van der Waals surface area (Å²) in [4.78, 5) is 0. The van der Waals surface area contributed by atoms with Crippen molar-refractivity contribution in [3.05, 3.63) is 0 Å². The zero-order chi connectivity index (χ0) is 10.3. The zero-order valence-corrected chi connectivity index (χ0v) is 8.35. The van der Waals surface area contributed by atoms with Gasteiger partial charge in [-0.3, -0.25) is 0 Å². The van der Waals surface area contributed by atoms with Gasteiger partial charge in [0.2, 0.25) is 0 Å². The topological polar surface area (TPSA) is 35.2 Å². The van der Waals surface area contributed by atoms with Crippen molar-refractivity contribution in [3.63, 3.8) is 0 Å². The Bertz CT molecular complexity index is 131. The van der Waals surface area contributed by atoms with Crippen LogP contribution >= 0.6 is 0 Å². The molecule has 0 aliphatic carbocycles. The lowest BCUT2D eigenvalue weighted by Crippen LogP contribution is -2.33. The van der Waals surface area contributed by atoms with Gasteiger partial charge in [-0.25, -0.2) is 8.78 Å². The van der Waals surface area contributed by atoms with E-state index >= 15 is 0 Å². The number of rotatable bonds is 7. The van der Waals surface area contributed by atoms with Crippen molar-refractivity contribution in [1.29, 1.82) is 0 Å². The van der Waals surface area contributed by atoms with Crippen LogP contribution in [0.1, 0.15) is 26.7 Å². The van der Waals surface area contributed by atoms with Gasteiger partial charge >= 0.3 is 0 Å². The molecule has 0 amide bonds. The summed E-state index contributed by atoms with van der Waals surface area (Å²) in [6.45, 7) is 3.24. The van der Waals surface area contributed by atoms with Crippen LogP contribution in [0.25, 0.3) is 0 Å². The quantitative estimate of drug-likeness (QED) is 0.674. The Hall–Kier alpha value is -0.220. The molecule has 0 aliphatic heterocycles. The molecule has 0 fully saturated rings. The lowest BCUT2D eigenvalue weighted by atomic mass is 10.1. The van der Waals surface area contributed by atoms with Gasteiger partial charge in [0.15, 0.2) is 0 Å². The summed E-state index contributed by atoms with van der Waals surface area (Å²) in [5.74, 6) is -2.52. The molecule has 0 bridgehead atoms. The van der Waals surface area contributed by atoms with E-state index in [0.717, 1.165) is 12.8 Å². The number of hydrogen-bond donors (Lipinski definition) is 1. The normalized spacial score (nSPS) is 14.5. The first-order valence-corrected chi connectivity index (χ1v) is 4.67. The summed E-state index contributed by atoms with van der Waals surface area (Å²) in [5.41, 5.74) is 4.85. The van der Waals surface area contributed by atoms with Crippen LogP contribution in [0.15, 0.2) is 0 Å². The van der Waals surface area contributed by atoms with Crippen molar-refractivity contribution in [2.45, 2.75) is 32.6 Å². The van der Waals surface area contributed by atoms with Crippen molar-refractivity contribution in [2.24, 2.45) is 11.7 Å². The molecule has 0 aromatic heterocycles. The fraction of sp³-hybridized carbons (Fsp3) is 1.00. The molecular formula is C9H19F2NO. The molecule has 4 heteroatoms. The highest BCUT2D eigenvalue weighted by Gasteiger charge is 2.26. The second kappa shape index (κ2) is 6.27. The third-order valence-corrected chi connectivity index (χ3v) is 1.80. The molecule has 80 valence electrons. The third-order valence-electron chi connectivity index (χ3n) is 1.80. The van der Waals surface area contributed by atoms with E-state index < -0.39 is 19.1 Å². The van der Waals surface area contributed by atoms with Gasteiger partial charge in [0.05, 0.1) is 6.54 Å². The van der Waals surface area contributed by atoms with E-state index in [9.17, 15) is 8.78 Å². The van der Waals surface area contributed by atoms with E-state index in [1.165, 1.54) is 0 Å².